The van der Waals surface area contributed by atoms with Crippen LogP contribution in [0.4, 0.5) is 26.4 Å². The summed E-state index contributed by atoms with van der Waals surface area (Å²) in [5.74, 6) is -0.767. The number of ether oxygens (including phenoxy) is 1. The van der Waals surface area contributed by atoms with Crippen molar-refractivity contribution in [1.82, 2.24) is 19.5 Å². The maximum absolute atomic E-state index is 14.4. The van der Waals surface area contributed by atoms with Gasteiger partial charge in [0.15, 0.2) is 5.65 Å². The van der Waals surface area contributed by atoms with Crippen LogP contribution in [0.1, 0.15) is 38.5 Å². The lowest BCUT2D eigenvalue weighted by molar-refractivity contribution is -0.123. The molecule has 1 aliphatic carbocycles. The number of hydrogen-bond acceptors (Lipinski definition) is 7. The van der Waals surface area contributed by atoms with Gasteiger partial charge >= 0.3 is 0 Å². The van der Waals surface area contributed by atoms with Gasteiger partial charge in [0, 0.05) is 31.7 Å². The molecule has 0 atom stereocenters. The fourth-order valence-electron chi connectivity index (χ4n) is 4.90. The third-order valence-electron chi connectivity index (χ3n) is 6.93. The highest BCUT2D eigenvalue weighted by Gasteiger charge is 2.27. The average molecular weight is 486 g/mol. The van der Waals surface area contributed by atoms with E-state index in [4.69, 9.17) is 15.5 Å². The van der Waals surface area contributed by atoms with E-state index in [1.807, 2.05) is 4.57 Å². The number of hydrogen-bond donors (Lipinski definition) is 3. The van der Waals surface area contributed by atoms with Crippen LogP contribution in [0.3, 0.4) is 0 Å². The normalized spacial score (nSPS) is 21.2. The molecule has 2 aliphatic rings. The van der Waals surface area contributed by atoms with Gasteiger partial charge in [-0.15, -0.1) is 0 Å². The van der Waals surface area contributed by atoms with Crippen LogP contribution in [-0.2, 0) is 16.1 Å². The zero-order chi connectivity index (χ0) is 24.4. The molecule has 186 valence electrons. The summed E-state index contributed by atoms with van der Waals surface area (Å²) in [4.78, 5) is 25.3. The Labute approximate surface area is 201 Å². The molecule has 2 aromatic heterocycles. The standard InChI is InChI=1S/C24H29F2N7O2/c25-17-2-1-3-18(26)20(17)31-24-30-19-12-28-23(29-16-8-10-35-11-9-16)32-22(19)33(24)13-14-4-6-15(7-5-14)21(27)34/h1-3,12,14-16H,4-11,13H2,(H2,27,34)(H,30,31)(H,28,29,32)/t14-,15+. The van der Waals surface area contributed by atoms with Gasteiger partial charge in [-0.05, 0) is 56.6 Å². The average Bonchev–Trinajstić information content (AvgIpc) is 3.19. The number of carbonyl (C=O) groups is 1. The fraction of sp³-hybridized carbons (Fsp3) is 0.500. The number of nitrogens with one attached hydrogen (secondary N) is 2. The van der Waals surface area contributed by atoms with Crippen molar-refractivity contribution < 1.29 is 18.3 Å². The van der Waals surface area contributed by atoms with Gasteiger partial charge in [-0.1, -0.05) is 6.07 Å². The first-order chi connectivity index (χ1) is 17.0. The van der Waals surface area contributed by atoms with Crippen molar-refractivity contribution in [3.05, 3.63) is 36.0 Å². The first kappa shape index (κ1) is 23.4. The van der Waals surface area contributed by atoms with Crippen LogP contribution < -0.4 is 16.4 Å². The van der Waals surface area contributed by atoms with E-state index in [1.54, 1.807) is 6.20 Å². The number of anilines is 3. The van der Waals surface area contributed by atoms with E-state index in [2.05, 4.69) is 20.6 Å². The van der Waals surface area contributed by atoms with Gasteiger partial charge in [0.25, 0.3) is 0 Å². The van der Waals surface area contributed by atoms with Crippen molar-refractivity contribution in [2.24, 2.45) is 17.6 Å². The monoisotopic (exact) mass is 485 g/mol. The SMILES string of the molecule is NC(=O)[C@H]1CC[C@@H](Cn2c(Nc3c(F)cccc3F)nc3cnc(NC4CCOCC4)nc32)CC1. The summed E-state index contributed by atoms with van der Waals surface area (Å²) in [5.41, 5.74) is 6.32. The van der Waals surface area contributed by atoms with Gasteiger partial charge in [0.05, 0.1) is 6.20 Å². The quantitative estimate of drug-likeness (QED) is 0.466. The van der Waals surface area contributed by atoms with Crippen LogP contribution in [0, 0.1) is 23.5 Å². The second kappa shape index (κ2) is 10.1. The zero-order valence-electron chi connectivity index (χ0n) is 19.3. The number of aromatic nitrogens is 4. The minimum absolute atomic E-state index is 0.103. The van der Waals surface area contributed by atoms with Crippen LogP contribution >= 0.6 is 0 Å². The predicted octanol–water partition coefficient (Wildman–Crippen LogP) is 3.73. The molecule has 11 heteroatoms. The molecule has 0 unspecified atom stereocenters. The smallest absolute Gasteiger partial charge is 0.224 e. The molecule has 1 amide bonds. The summed E-state index contributed by atoms with van der Waals surface area (Å²) in [7, 11) is 0. The van der Waals surface area contributed by atoms with Crippen molar-refractivity contribution in [2.75, 3.05) is 23.8 Å². The highest BCUT2D eigenvalue weighted by atomic mass is 19.1. The van der Waals surface area contributed by atoms with Crippen LogP contribution in [0.5, 0.6) is 0 Å². The van der Waals surface area contributed by atoms with Gasteiger partial charge in [-0.2, -0.15) is 4.98 Å². The summed E-state index contributed by atoms with van der Waals surface area (Å²) in [6.45, 7) is 1.91. The maximum Gasteiger partial charge on any atom is 0.224 e. The summed E-state index contributed by atoms with van der Waals surface area (Å²) >= 11 is 0. The lowest BCUT2D eigenvalue weighted by atomic mass is 9.81. The predicted molar refractivity (Wildman–Crippen MR) is 127 cm³/mol. The molecule has 4 N–H and O–H groups in total. The molecule has 1 saturated carbocycles. The van der Waals surface area contributed by atoms with Crippen molar-refractivity contribution in [3.63, 3.8) is 0 Å². The Hall–Kier alpha value is -3.34. The van der Waals surface area contributed by atoms with E-state index < -0.39 is 11.6 Å². The van der Waals surface area contributed by atoms with Crippen LogP contribution in [-0.4, -0.2) is 44.7 Å². The van der Waals surface area contributed by atoms with E-state index in [9.17, 15) is 13.6 Å². The number of nitrogens with zero attached hydrogens (tertiary/aromatic N) is 4. The van der Waals surface area contributed by atoms with Crippen LogP contribution in [0.2, 0.25) is 0 Å². The molecule has 0 spiro atoms. The minimum atomic E-state index is -0.710. The largest absolute Gasteiger partial charge is 0.381 e. The Kier molecular flexibility index (Phi) is 6.76. The highest BCUT2D eigenvalue weighted by molar-refractivity contribution is 5.77. The Morgan fingerprint density at radius 2 is 1.80 bits per heavy atom. The summed E-state index contributed by atoms with van der Waals surface area (Å²) in [5, 5.41) is 6.20. The third-order valence-corrected chi connectivity index (χ3v) is 6.93. The molecule has 0 radical (unpaired) electrons. The van der Waals surface area contributed by atoms with Crippen molar-refractivity contribution in [3.8, 4) is 0 Å². The number of amides is 1. The number of imidazole rings is 1. The maximum atomic E-state index is 14.4. The van der Waals surface area contributed by atoms with Crippen molar-refractivity contribution in [1.29, 1.82) is 0 Å². The molecule has 1 aliphatic heterocycles. The number of primary amides is 1. The number of fused-ring (bicyclic) bond motifs is 1. The Balaban J connectivity index is 1.46. The van der Waals surface area contributed by atoms with Gasteiger partial charge in [-0.3, -0.25) is 9.36 Å². The van der Waals surface area contributed by atoms with Crippen LogP contribution in [0.25, 0.3) is 11.2 Å². The lowest BCUT2D eigenvalue weighted by Crippen LogP contribution is -2.29. The van der Waals surface area contributed by atoms with Crippen molar-refractivity contribution >= 4 is 34.7 Å². The molecule has 0 bridgehead atoms. The van der Waals surface area contributed by atoms with E-state index in [0.717, 1.165) is 38.5 Å². The second-order valence-corrected chi connectivity index (χ2v) is 9.32. The molecule has 1 saturated heterocycles. The topological polar surface area (TPSA) is 120 Å². The number of nitrogens with two attached hydrogens (primary N) is 1. The molecule has 1 aromatic carbocycles. The number of carbonyl (C=O) groups excluding carboxylic acids is 1. The Morgan fingerprint density at radius 3 is 2.49 bits per heavy atom. The number of benzene rings is 1. The van der Waals surface area contributed by atoms with Crippen molar-refractivity contribution in [2.45, 2.75) is 51.1 Å². The number of rotatable bonds is 7. The molecule has 3 aromatic rings. The van der Waals surface area contributed by atoms with Gasteiger partial charge in [0.1, 0.15) is 22.8 Å². The van der Waals surface area contributed by atoms with E-state index in [-0.39, 0.29) is 29.5 Å². The molecule has 2 fully saturated rings. The Bertz CT molecular complexity index is 1180. The summed E-state index contributed by atoms with van der Waals surface area (Å²) in [6, 6.07) is 3.92. The van der Waals surface area contributed by atoms with E-state index >= 15 is 0 Å². The van der Waals surface area contributed by atoms with Crippen LogP contribution in [0.15, 0.2) is 24.4 Å². The zero-order valence-corrected chi connectivity index (χ0v) is 19.3. The first-order valence-electron chi connectivity index (χ1n) is 12.1. The minimum Gasteiger partial charge on any atom is -0.381 e. The fourth-order valence-corrected chi connectivity index (χ4v) is 4.90. The number of halogens is 2. The van der Waals surface area contributed by atoms with E-state index in [1.165, 1.54) is 18.2 Å². The van der Waals surface area contributed by atoms with E-state index in [0.29, 0.717) is 42.8 Å². The molecular formula is C24H29F2N7O2. The second-order valence-electron chi connectivity index (χ2n) is 9.32. The molecular weight excluding hydrogens is 456 g/mol. The highest BCUT2D eigenvalue weighted by Crippen LogP contribution is 2.33. The first-order valence-corrected chi connectivity index (χ1v) is 12.1. The molecule has 5 rings (SSSR count). The van der Waals surface area contributed by atoms with Gasteiger partial charge < -0.3 is 21.1 Å². The third kappa shape index (κ3) is 5.19. The summed E-state index contributed by atoms with van der Waals surface area (Å²) < 4.78 is 36.1. The number of para-hydroxylation sites is 1. The Morgan fingerprint density at radius 1 is 1.09 bits per heavy atom. The molecule has 3 heterocycles. The van der Waals surface area contributed by atoms with Gasteiger partial charge in [0.2, 0.25) is 17.8 Å². The molecule has 9 nitrogen and oxygen atoms in total. The molecule has 35 heavy (non-hydrogen) atoms. The van der Waals surface area contributed by atoms with Gasteiger partial charge in [-0.25, -0.2) is 18.7 Å². The summed E-state index contributed by atoms with van der Waals surface area (Å²) in [6.07, 6.45) is 6.43. The lowest BCUT2D eigenvalue weighted by Gasteiger charge is -2.27.